The van der Waals surface area contributed by atoms with Crippen molar-refractivity contribution in [2.24, 2.45) is 0 Å². The molecule has 6 nitrogen and oxygen atoms in total. The molecule has 86 valence electrons. The third kappa shape index (κ3) is 7.74. The van der Waals surface area contributed by atoms with Gasteiger partial charge in [-0.2, -0.15) is 8.42 Å². The number of hydrogen-bond donors (Lipinski definition) is 4. The highest BCUT2D eigenvalue weighted by Gasteiger charge is 1.92. The average Bonchev–Trinajstić information content (AvgIpc) is 2.15. The van der Waals surface area contributed by atoms with Gasteiger partial charge in [0.05, 0.1) is 11.4 Å². The lowest BCUT2D eigenvalue weighted by molar-refractivity contribution is 0.381. The van der Waals surface area contributed by atoms with Crippen LogP contribution in [0.2, 0.25) is 0 Å². The number of para-hydroxylation sites is 2. The standard InChI is InChI=1S/C8H12N2.H2O4S/c1-9-7-5-3-4-6-8(7)10-2;1-5(2,3)4/h3-6,9-10H,1-2H3;(H2,1,2,3,4). The molecule has 1 aromatic carbocycles. The molecular formula is C8H14N2O4S. The molecule has 0 aromatic heterocycles. The highest BCUT2D eigenvalue weighted by atomic mass is 32.3. The third-order valence-corrected chi connectivity index (χ3v) is 1.47. The molecular weight excluding hydrogens is 220 g/mol. The number of nitrogens with one attached hydrogen (secondary N) is 2. The zero-order valence-electron chi connectivity index (χ0n) is 8.43. The van der Waals surface area contributed by atoms with E-state index in [0.29, 0.717) is 0 Å². The fraction of sp³-hybridized carbons (Fsp3) is 0.250. The predicted molar refractivity (Wildman–Crippen MR) is 59.7 cm³/mol. The first-order valence-corrected chi connectivity index (χ1v) is 5.42. The Labute approximate surface area is 88.9 Å². The second kappa shape index (κ2) is 6.23. The van der Waals surface area contributed by atoms with Crippen LogP contribution >= 0.6 is 0 Å². The molecule has 0 aliphatic heterocycles. The maximum Gasteiger partial charge on any atom is 0.394 e. The van der Waals surface area contributed by atoms with E-state index in [0.717, 1.165) is 11.4 Å². The van der Waals surface area contributed by atoms with E-state index in [1.165, 1.54) is 0 Å². The van der Waals surface area contributed by atoms with Gasteiger partial charge in [-0.3, -0.25) is 9.11 Å². The van der Waals surface area contributed by atoms with Crippen molar-refractivity contribution in [3.8, 4) is 0 Å². The van der Waals surface area contributed by atoms with Gasteiger partial charge in [0.25, 0.3) is 0 Å². The first-order valence-electron chi connectivity index (χ1n) is 4.03. The minimum absolute atomic E-state index is 1.13. The van der Waals surface area contributed by atoms with E-state index >= 15 is 0 Å². The lowest BCUT2D eigenvalue weighted by atomic mass is 10.3. The molecule has 0 heterocycles. The van der Waals surface area contributed by atoms with Crippen molar-refractivity contribution in [3.05, 3.63) is 24.3 Å². The molecule has 0 radical (unpaired) electrons. The lowest BCUT2D eigenvalue weighted by Crippen LogP contribution is -1.95. The highest BCUT2D eigenvalue weighted by molar-refractivity contribution is 7.79. The Morgan fingerprint density at radius 1 is 1.00 bits per heavy atom. The molecule has 15 heavy (non-hydrogen) atoms. The minimum Gasteiger partial charge on any atom is -0.386 e. The molecule has 0 unspecified atom stereocenters. The van der Waals surface area contributed by atoms with Crippen molar-refractivity contribution in [3.63, 3.8) is 0 Å². The van der Waals surface area contributed by atoms with Gasteiger partial charge in [0, 0.05) is 14.1 Å². The Balaban J connectivity index is 0.000000336. The van der Waals surface area contributed by atoms with Crippen molar-refractivity contribution in [2.75, 3.05) is 24.7 Å². The van der Waals surface area contributed by atoms with Crippen LogP contribution in [0.1, 0.15) is 0 Å². The summed E-state index contributed by atoms with van der Waals surface area (Å²) in [5.41, 5.74) is 2.26. The number of hydrogen-bond acceptors (Lipinski definition) is 4. The topological polar surface area (TPSA) is 98.7 Å². The summed E-state index contributed by atoms with van der Waals surface area (Å²) in [4.78, 5) is 0. The molecule has 7 heteroatoms. The molecule has 1 aromatic rings. The summed E-state index contributed by atoms with van der Waals surface area (Å²) in [5.74, 6) is 0. The van der Waals surface area contributed by atoms with Crippen molar-refractivity contribution >= 4 is 21.8 Å². The summed E-state index contributed by atoms with van der Waals surface area (Å²) in [5, 5.41) is 6.17. The molecule has 0 atom stereocenters. The molecule has 0 aliphatic carbocycles. The highest BCUT2D eigenvalue weighted by Crippen LogP contribution is 2.18. The molecule has 0 aliphatic rings. The maximum atomic E-state index is 8.74. The van der Waals surface area contributed by atoms with Crippen molar-refractivity contribution < 1.29 is 17.5 Å². The smallest absolute Gasteiger partial charge is 0.386 e. The van der Waals surface area contributed by atoms with Crippen LogP contribution in [-0.4, -0.2) is 31.6 Å². The van der Waals surface area contributed by atoms with Gasteiger partial charge >= 0.3 is 10.4 Å². The maximum absolute atomic E-state index is 8.74. The normalized spacial score (nSPS) is 9.87. The first-order chi connectivity index (χ1) is 6.88. The number of anilines is 2. The summed E-state index contributed by atoms with van der Waals surface area (Å²) in [7, 11) is -0.841. The first kappa shape index (κ1) is 13.7. The molecule has 0 bridgehead atoms. The average molecular weight is 234 g/mol. The van der Waals surface area contributed by atoms with Gasteiger partial charge in [-0.05, 0) is 12.1 Å². The number of rotatable bonds is 2. The largest absolute Gasteiger partial charge is 0.394 e. The summed E-state index contributed by atoms with van der Waals surface area (Å²) in [6.07, 6.45) is 0. The SMILES string of the molecule is CNc1ccccc1NC.O=S(=O)(O)O. The molecule has 0 fully saturated rings. The molecule has 0 spiro atoms. The van der Waals surface area contributed by atoms with Gasteiger partial charge in [0.2, 0.25) is 0 Å². The monoisotopic (exact) mass is 234 g/mol. The van der Waals surface area contributed by atoms with E-state index in [9.17, 15) is 0 Å². The second-order valence-electron chi connectivity index (χ2n) is 2.49. The van der Waals surface area contributed by atoms with Crippen LogP contribution in [0.5, 0.6) is 0 Å². The van der Waals surface area contributed by atoms with E-state index in [1.807, 2.05) is 38.4 Å². The fourth-order valence-corrected chi connectivity index (χ4v) is 0.919. The van der Waals surface area contributed by atoms with E-state index in [1.54, 1.807) is 0 Å². The summed E-state index contributed by atoms with van der Waals surface area (Å²) in [6, 6.07) is 8.08. The molecule has 0 saturated carbocycles. The Morgan fingerprint density at radius 2 is 1.27 bits per heavy atom. The second-order valence-corrected chi connectivity index (χ2v) is 3.39. The van der Waals surface area contributed by atoms with Crippen LogP contribution in [0, 0.1) is 0 Å². The van der Waals surface area contributed by atoms with Crippen molar-refractivity contribution in [2.45, 2.75) is 0 Å². The Hall–Kier alpha value is -1.31. The zero-order chi connectivity index (χ0) is 11.9. The Morgan fingerprint density at radius 3 is 1.47 bits per heavy atom. The van der Waals surface area contributed by atoms with E-state index in [4.69, 9.17) is 17.5 Å². The minimum atomic E-state index is -4.67. The Kier molecular flexibility index (Phi) is 5.68. The third-order valence-electron chi connectivity index (χ3n) is 1.47. The van der Waals surface area contributed by atoms with Crippen LogP contribution < -0.4 is 10.6 Å². The fourth-order valence-electron chi connectivity index (χ4n) is 0.919. The Bertz CT molecular complexity index is 360. The predicted octanol–water partition coefficient (Wildman–Crippen LogP) is 1.12. The summed E-state index contributed by atoms with van der Waals surface area (Å²) in [6.45, 7) is 0. The van der Waals surface area contributed by atoms with E-state index < -0.39 is 10.4 Å². The van der Waals surface area contributed by atoms with E-state index in [-0.39, 0.29) is 0 Å². The van der Waals surface area contributed by atoms with Gasteiger partial charge in [-0.1, -0.05) is 12.1 Å². The van der Waals surface area contributed by atoms with Gasteiger partial charge < -0.3 is 10.6 Å². The molecule has 0 amide bonds. The summed E-state index contributed by atoms with van der Waals surface area (Å²) < 4.78 is 31.6. The van der Waals surface area contributed by atoms with Gasteiger partial charge in [0.1, 0.15) is 0 Å². The lowest BCUT2D eigenvalue weighted by Gasteiger charge is -2.06. The van der Waals surface area contributed by atoms with Crippen LogP contribution in [0.25, 0.3) is 0 Å². The van der Waals surface area contributed by atoms with Gasteiger partial charge in [-0.25, -0.2) is 0 Å². The van der Waals surface area contributed by atoms with Crippen LogP contribution in [0.15, 0.2) is 24.3 Å². The summed E-state index contributed by atoms with van der Waals surface area (Å²) >= 11 is 0. The van der Waals surface area contributed by atoms with E-state index in [2.05, 4.69) is 10.6 Å². The molecule has 0 saturated heterocycles. The molecule has 1 rings (SSSR count). The molecule has 4 N–H and O–H groups in total. The zero-order valence-corrected chi connectivity index (χ0v) is 9.25. The van der Waals surface area contributed by atoms with Crippen LogP contribution in [-0.2, 0) is 10.4 Å². The van der Waals surface area contributed by atoms with Crippen molar-refractivity contribution in [1.29, 1.82) is 0 Å². The van der Waals surface area contributed by atoms with Gasteiger partial charge in [-0.15, -0.1) is 0 Å². The van der Waals surface area contributed by atoms with Gasteiger partial charge in [0.15, 0.2) is 0 Å². The van der Waals surface area contributed by atoms with Crippen LogP contribution in [0.4, 0.5) is 11.4 Å². The van der Waals surface area contributed by atoms with Crippen molar-refractivity contribution in [1.82, 2.24) is 0 Å². The quantitative estimate of drug-likeness (QED) is 0.572. The van der Waals surface area contributed by atoms with Crippen LogP contribution in [0.3, 0.4) is 0 Å². The number of benzene rings is 1.